The quantitative estimate of drug-likeness (QED) is 0.873. The smallest absolute Gasteiger partial charge is 0.317 e. The summed E-state index contributed by atoms with van der Waals surface area (Å²) in [5.41, 5.74) is 0.790. The number of hydrogen-bond acceptors (Lipinski definition) is 1. The Balaban J connectivity index is 1.91. The van der Waals surface area contributed by atoms with Crippen LogP contribution in [0.3, 0.4) is 0 Å². The molecular formula is C15H21FN2O. The Labute approximate surface area is 113 Å². The van der Waals surface area contributed by atoms with Gasteiger partial charge in [0.1, 0.15) is 5.82 Å². The molecule has 19 heavy (non-hydrogen) atoms. The zero-order valence-corrected chi connectivity index (χ0v) is 11.5. The average molecular weight is 264 g/mol. The van der Waals surface area contributed by atoms with E-state index in [1.54, 1.807) is 6.07 Å². The van der Waals surface area contributed by atoms with Crippen LogP contribution in [0.1, 0.15) is 38.3 Å². The molecule has 0 saturated carbocycles. The van der Waals surface area contributed by atoms with Crippen molar-refractivity contribution in [3.05, 3.63) is 35.6 Å². The number of carbonyl (C=O) groups excluding carboxylic acids is 1. The number of urea groups is 1. The van der Waals surface area contributed by atoms with Crippen LogP contribution in [0.5, 0.6) is 0 Å². The fraction of sp³-hybridized carbons (Fsp3) is 0.533. The standard InChI is InChI=1S/C15H21FN2O/c1-11-6-8-18(9-7-11)15(19)17-12(2)13-4-3-5-14(16)10-13/h3-5,10-12H,6-9H2,1-2H3,(H,17,19). The number of piperidine rings is 1. The molecule has 1 N–H and O–H groups in total. The highest BCUT2D eigenvalue weighted by Crippen LogP contribution is 2.18. The summed E-state index contributed by atoms with van der Waals surface area (Å²) >= 11 is 0. The van der Waals surface area contributed by atoms with Crippen molar-refractivity contribution in [1.82, 2.24) is 10.2 Å². The molecule has 104 valence electrons. The van der Waals surface area contributed by atoms with Crippen molar-refractivity contribution in [3.8, 4) is 0 Å². The minimum absolute atomic E-state index is 0.0522. The fourth-order valence-electron chi connectivity index (χ4n) is 2.35. The Morgan fingerprint density at radius 3 is 2.74 bits per heavy atom. The Morgan fingerprint density at radius 1 is 1.42 bits per heavy atom. The van der Waals surface area contributed by atoms with E-state index in [1.807, 2.05) is 17.9 Å². The van der Waals surface area contributed by atoms with E-state index in [2.05, 4.69) is 12.2 Å². The maximum absolute atomic E-state index is 13.1. The van der Waals surface area contributed by atoms with Gasteiger partial charge in [-0.25, -0.2) is 9.18 Å². The molecule has 0 aromatic heterocycles. The highest BCUT2D eigenvalue weighted by atomic mass is 19.1. The summed E-state index contributed by atoms with van der Waals surface area (Å²) in [4.78, 5) is 13.9. The molecule has 1 unspecified atom stereocenters. The summed E-state index contributed by atoms with van der Waals surface area (Å²) in [6.45, 7) is 5.70. The van der Waals surface area contributed by atoms with Crippen molar-refractivity contribution in [1.29, 1.82) is 0 Å². The van der Waals surface area contributed by atoms with Crippen molar-refractivity contribution in [2.75, 3.05) is 13.1 Å². The minimum Gasteiger partial charge on any atom is -0.331 e. The molecule has 1 heterocycles. The van der Waals surface area contributed by atoms with Gasteiger partial charge in [-0.3, -0.25) is 0 Å². The van der Waals surface area contributed by atoms with Gasteiger partial charge in [-0.05, 0) is 43.4 Å². The van der Waals surface area contributed by atoms with Crippen LogP contribution in [0.15, 0.2) is 24.3 Å². The van der Waals surface area contributed by atoms with Gasteiger partial charge in [0.2, 0.25) is 0 Å². The lowest BCUT2D eigenvalue weighted by Crippen LogP contribution is -2.44. The Kier molecular flexibility index (Phi) is 4.40. The summed E-state index contributed by atoms with van der Waals surface area (Å²) in [7, 11) is 0. The molecular weight excluding hydrogens is 243 g/mol. The lowest BCUT2D eigenvalue weighted by molar-refractivity contribution is 0.171. The Bertz CT molecular complexity index is 442. The first-order chi connectivity index (χ1) is 9.06. The number of amides is 2. The molecule has 0 spiro atoms. The number of carbonyl (C=O) groups is 1. The summed E-state index contributed by atoms with van der Waals surface area (Å²) in [5.74, 6) is 0.426. The van der Waals surface area contributed by atoms with Gasteiger partial charge < -0.3 is 10.2 Å². The van der Waals surface area contributed by atoms with Crippen LogP contribution in [0.2, 0.25) is 0 Å². The predicted molar refractivity (Wildman–Crippen MR) is 73.3 cm³/mol. The Hall–Kier alpha value is -1.58. The molecule has 2 rings (SSSR count). The second-order valence-corrected chi connectivity index (χ2v) is 5.40. The molecule has 1 aromatic rings. The molecule has 1 saturated heterocycles. The van der Waals surface area contributed by atoms with E-state index >= 15 is 0 Å². The van der Waals surface area contributed by atoms with Gasteiger partial charge in [0.05, 0.1) is 6.04 Å². The first-order valence-corrected chi connectivity index (χ1v) is 6.87. The largest absolute Gasteiger partial charge is 0.331 e. The molecule has 1 fully saturated rings. The van der Waals surface area contributed by atoms with E-state index in [-0.39, 0.29) is 17.9 Å². The number of likely N-dealkylation sites (tertiary alicyclic amines) is 1. The summed E-state index contributed by atoms with van der Waals surface area (Å²) in [6, 6.07) is 6.13. The molecule has 4 heteroatoms. The van der Waals surface area contributed by atoms with Crippen LogP contribution in [-0.4, -0.2) is 24.0 Å². The second-order valence-electron chi connectivity index (χ2n) is 5.40. The van der Waals surface area contributed by atoms with Gasteiger partial charge in [-0.2, -0.15) is 0 Å². The zero-order valence-electron chi connectivity index (χ0n) is 11.5. The molecule has 1 atom stereocenters. The van der Waals surface area contributed by atoms with Gasteiger partial charge in [-0.1, -0.05) is 19.1 Å². The lowest BCUT2D eigenvalue weighted by Gasteiger charge is -2.31. The maximum Gasteiger partial charge on any atom is 0.317 e. The van der Waals surface area contributed by atoms with Crippen molar-refractivity contribution in [2.24, 2.45) is 5.92 Å². The van der Waals surface area contributed by atoms with E-state index in [1.165, 1.54) is 12.1 Å². The average Bonchev–Trinajstić information content (AvgIpc) is 2.39. The van der Waals surface area contributed by atoms with Gasteiger partial charge in [0.15, 0.2) is 0 Å². The van der Waals surface area contributed by atoms with E-state index in [4.69, 9.17) is 0 Å². The molecule has 1 aliphatic heterocycles. The summed E-state index contributed by atoms with van der Waals surface area (Å²) in [6.07, 6.45) is 2.11. The molecule has 1 aromatic carbocycles. The SMILES string of the molecule is CC1CCN(C(=O)NC(C)c2cccc(F)c2)CC1. The highest BCUT2D eigenvalue weighted by Gasteiger charge is 2.21. The van der Waals surface area contributed by atoms with E-state index in [0.29, 0.717) is 5.92 Å². The second kappa shape index (κ2) is 6.04. The van der Waals surface area contributed by atoms with Crippen LogP contribution in [0.4, 0.5) is 9.18 Å². The fourth-order valence-corrected chi connectivity index (χ4v) is 2.35. The number of halogens is 1. The number of nitrogens with one attached hydrogen (secondary N) is 1. The summed E-state index contributed by atoms with van der Waals surface area (Å²) < 4.78 is 13.1. The van der Waals surface area contributed by atoms with Crippen molar-refractivity contribution in [2.45, 2.75) is 32.7 Å². The van der Waals surface area contributed by atoms with Crippen LogP contribution in [0.25, 0.3) is 0 Å². The lowest BCUT2D eigenvalue weighted by atomic mass is 9.99. The molecule has 2 amide bonds. The first kappa shape index (κ1) is 13.8. The van der Waals surface area contributed by atoms with Crippen LogP contribution >= 0.6 is 0 Å². The van der Waals surface area contributed by atoms with Gasteiger partial charge in [-0.15, -0.1) is 0 Å². The van der Waals surface area contributed by atoms with Crippen LogP contribution in [0, 0.1) is 11.7 Å². The zero-order chi connectivity index (χ0) is 13.8. The Morgan fingerprint density at radius 2 is 2.11 bits per heavy atom. The third-order valence-corrected chi connectivity index (χ3v) is 3.76. The molecule has 0 aliphatic carbocycles. The molecule has 0 radical (unpaired) electrons. The third kappa shape index (κ3) is 3.69. The van der Waals surface area contributed by atoms with Gasteiger partial charge in [0, 0.05) is 13.1 Å². The van der Waals surface area contributed by atoms with E-state index in [9.17, 15) is 9.18 Å². The van der Waals surface area contributed by atoms with Gasteiger partial charge >= 0.3 is 6.03 Å². The minimum atomic E-state index is -0.273. The maximum atomic E-state index is 13.1. The highest BCUT2D eigenvalue weighted by molar-refractivity contribution is 5.74. The third-order valence-electron chi connectivity index (χ3n) is 3.76. The number of rotatable bonds is 2. The monoisotopic (exact) mass is 264 g/mol. The van der Waals surface area contributed by atoms with Crippen LogP contribution < -0.4 is 5.32 Å². The summed E-state index contributed by atoms with van der Waals surface area (Å²) in [5, 5.41) is 2.93. The predicted octanol–water partition coefficient (Wildman–Crippen LogP) is 3.33. The van der Waals surface area contributed by atoms with E-state index < -0.39 is 0 Å². The molecule has 0 bridgehead atoms. The molecule has 3 nitrogen and oxygen atoms in total. The molecule has 1 aliphatic rings. The van der Waals surface area contributed by atoms with Crippen LogP contribution in [-0.2, 0) is 0 Å². The normalized spacial score (nSPS) is 18.2. The number of benzene rings is 1. The topological polar surface area (TPSA) is 32.3 Å². The van der Waals surface area contributed by atoms with Crippen molar-refractivity contribution in [3.63, 3.8) is 0 Å². The first-order valence-electron chi connectivity index (χ1n) is 6.87. The van der Waals surface area contributed by atoms with Crippen molar-refractivity contribution >= 4 is 6.03 Å². The number of nitrogens with zero attached hydrogens (tertiary/aromatic N) is 1. The van der Waals surface area contributed by atoms with E-state index in [0.717, 1.165) is 31.5 Å². The number of hydrogen-bond donors (Lipinski definition) is 1. The van der Waals surface area contributed by atoms with Gasteiger partial charge in [0.25, 0.3) is 0 Å². The van der Waals surface area contributed by atoms with Crippen molar-refractivity contribution < 1.29 is 9.18 Å².